The van der Waals surface area contributed by atoms with Gasteiger partial charge in [-0.05, 0) is 13.8 Å². The van der Waals surface area contributed by atoms with Crippen LogP contribution in [-0.2, 0) is 19.1 Å². The first kappa shape index (κ1) is 19.6. The van der Waals surface area contributed by atoms with Crippen LogP contribution in [0.15, 0.2) is 0 Å². The molecule has 0 aliphatic rings. The molecule has 1 unspecified atom stereocenters. The van der Waals surface area contributed by atoms with Crippen LogP contribution in [0.5, 0.6) is 0 Å². The molecular formula is C10H12F6O5. The molecule has 0 aliphatic carbocycles. The van der Waals surface area contributed by atoms with Crippen LogP contribution >= 0.6 is 0 Å². The molecule has 0 amide bonds. The van der Waals surface area contributed by atoms with E-state index in [0.29, 0.717) is 0 Å². The predicted octanol–water partition coefficient (Wildman–Crippen LogP) is 1.38. The molecule has 1 atom stereocenters. The van der Waals surface area contributed by atoms with E-state index in [0.717, 1.165) is 13.8 Å². The van der Waals surface area contributed by atoms with Crippen LogP contribution < -0.4 is 0 Å². The molecule has 0 radical (unpaired) electrons. The number of rotatable bonds is 6. The Kier molecular flexibility index (Phi) is 6.17. The van der Waals surface area contributed by atoms with Gasteiger partial charge in [-0.15, -0.1) is 0 Å². The molecule has 0 rings (SSSR count). The minimum Gasteiger partial charge on any atom is -0.460 e. The third-order valence-corrected chi connectivity index (χ3v) is 2.14. The zero-order chi connectivity index (χ0) is 17.1. The lowest BCUT2D eigenvalue weighted by Crippen LogP contribution is -2.63. The minimum absolute atomic E-state index is 0.449. The molecule has 0 saturated heterocycles. The fourth-order valence-electron chi connectivity index (χ4n) is 0.997. The van der Waals surface area contributed by atoms with E-state index in [2.05, 4.69) is 9.47 Å². The summed E-state index contributed by atoms with van der Waals surface area (Å²) in [5, 5.41) is 8.66. The van der Waals surface area contributed by atoms with E-state index in [4.69, 9.17) is 5.11 Å². The summed E-state index contributed by atoms with van der Waals surface area (Å²) in [5.74, 6) is -3.36. The summed E-state index contributed by atoms with van der Waals surface area (Å²) in [5.41, 5.74) is -5.62. The Labute approximate surface area is 114 Å². The van der Waals surface area contributed by atoms with Gasteiger partial charge in [0, 0.05) is 0 Å². The molecule has 124 valence electrons. The van der Waals surface area contributed by atoms with Gasteiger partial charge in [0.05, 0.1) is 6.10 Å². The van der Waals surface area contributed by atoms with Crippen molar-refractivity contribution in [2.24, 2.45) is 0 Å². The lowest BCUT2D eigenvalue weighted by atomic mass is 10.0. The van der Waals surface area contributed by atoms with Crippen molar-refractivity contribution in [2.75, 3.05) is 13.2 Å². The number of esters is 1. The first-order valence-corrected chi connectivity index (χ1v) is 5.37. The first-order chi connectivity index (χ1) is 9.23. The fraction of sp³-hybridized carbons (Fsp3) is 0.800. The van der Waals surface area contributed by atoms with Crippen molar-refractivity contribution in [3.05, 3.63) is 0 Å². The van der Waals surface area contributed by atoms with Gasteiger partial charge in [-0.1, -0.05) is 0 Å². The maximum atomic E-state index is 12.3. The van der Waals surface area contributed by atoms with Crippen molar-refractivity contribution in [3.8, 4) is 0 Å². The molecule has 0 aromatic carbocycles. The molecule has 5 nitrogen and oxygen atoms in total. The smallest absolute Gasteiger partial charge is 0.437 e. The highest BCUT2D eigenvalue weighted by atomic mass is 19.4. The highest BCUT2D eigenvalue weighted by molar-refractivity contribution is 5.81. The highest BCUT2D eigenvalue weighted by Crippen LogP contribution is 2.43. The quantitative estimate of drug-likeness (QED) is 0.590. The summed E-state index contributed by atoms with van der Waals surface area (Å²) in [6.07, 6.45) is -13.7. The highest BCUT2D eigenvalue weighted by Gasteiger charge is 2.76. The lowest BCUT2D eigenvalue weighted by molar-refractivity contribution is -0.357. The third-order valence-electron chi connectivity index (χ3n) is 2.14. The SMILES string of the molecule is CC(=O)COC(C)COC(=O)C(O)(C(F)(F)F)C(F)(F)F. The van der Waals surface area contributed by atoms with Gasteiger partial charge < -0.3 is 14.6 Å². The lowest BCUT2D eigenvalue weighted by Gasteiger charge is -2.30. The summed E-state index contributed by atoms with van der Waals surface area (Å²) in [7, 11) is 0. The number of ether oxygens (including phenoxy) is 2. The number of ketones is 1. The van der Waals surface area contributed by atoms with Gasteiger partial charge in [0.2, 0.25) is 0 Å². The van der Waals surface area contributed by atoms with E-state index in [1.165, 1.54) is 0 Å². The maximum Gasteiger partial charge on any atom is 0.437 e. The zero-order valence-corrected chi connectivity index (χ0v) is 10.8. The van der Waals surface area contributed by atoms with E-state index in [1.807, 2.05) is 0 Å². The Morgan fingerprint density at radius 2 is 1.52 bits per heavy atom. The largest absolute Gasteiger partial charge is 0.460 e. The first-order valence-electron chi connectivity index (χ1n) is 5.37. The van der Waals surface area contributed by atoms with Crippen LogP contribution in [-0.4, -0.2) is 54.1 Å². The van der Waals surface area contributed by atoms with Gasteiger partial charge in [0.15, 0.2) is 5.78 Å². The molecular weight excluding hydrogens is 314 g/mol. The second-order valence-corrected chi connectivity index (χ2v) is 4.13. The second kappa shape index (κ2) is 6.60. The Morgan fingerprint density at radius 1 is 1.10 bits per heavy atom. The van der Waals surface area contributed by atoms with Crippen LogP contribution in [0.1, 0.15) is 13.8 Å². The molecule has 1 N–H and O–H groups in total. The van der Waals surface area contributed by atoms with Gasteiger partial charge in [-0.2, -0.15) is 26.3 Å². The topological polar surface area (TPSA) is 72.8 Å². The molecule has 0 heterocycles. The number of hydrogen-bond donors (Lipinski definition) is 1. The fourth-order valence-corrected chi connectivity index (χ4v) is 0.997. The maximum absolute atomic E-state index is 12.3. The van der Waals surface area contributed by atoms with E-state index in [1.54, 1.807) is 0 Å². The van der Waals surface area contributed by atoms with Crippen molar-refractivity contribution >= 4 is 11.8 Å². The Hall–Kier alpha value is -1.36. The number of alkyl halides is 6. The molecule has 0 fully saturated rings. The number of carbonyl (C=O) groups is 2. The van der Waals surface area contributed by atoms with E-state index in [-0.39, 0.29) is 0 Å². The van der Waals surface area contributed by atoms with E-state index >= 15 is 0 Å². The number of halogens is 6. The van der Waals surface area contributed by atoms with E-state index < -0.39 is 49.0 Å². The van der Waals surface area contributed by atoms with Crippen LogP contribution in [0.25, 0.3) is 0 Å². The van der Waals surface area contributed by atoms with Gasteiger partial charge in [0.1, 0.15) is 13.2 Å². The zero-order valence-electron chi connectivity index (χ0n) is 10.8. The third kappa shape index (κ3) is 4.84. The molecule has 0 aliphatic heterocycles. The summed E-state index contributed by atoms with van der Waals surface area (Å²) in [6, 6.07) is 0. The predicted molar refractivity (Wildman–Crippen MR) is 54.1 cm³/mol. The number of carbonyl (C=O) groups excluding carboxylic acids is 2. The molecule has 0 bridgehead atoms. The van der Waals surface area contributed by atoms with Crippen LogP contribution in [0, 0.1) is 0 Å². The van der Waals surface area contributed by atoms with Crippen LogP contribution in [0.4, 0.5) is 26.3 Å². The van der Waals surface area contributed by atoms with Crippen molar-refractivity contribution < 1.29 is 50.5 Å². The second-order valence-electron chi connectivity index (χ2n) is 4.13. The van der Waals surface area contributed by atoms with Gasteiger partial charge in [-0.25, -0.2) is 4.79 Å². The number of Topliss-reactive ketones (excluding diaryl/α,β-unsaturated/α-hetero) is 1. The molecule has 0 aromatic rings. The van der Waals surface area contributed by atoms with Crippen LogP contribution in [0.3, 0.4) is 0 Å². The monoisotopic (exact) mass is 326 g/mol. The van der Waals surface area contributed by atoms with Crippen molar-refractivity contribution in [1.29, 1.82) is 0 Å². The van der Waals surface area contributed by atoms with Gasteiger partial charge >= 0.3 is 23.9 Å². The molecule has 11 heteroatoms. The molecule has 21 heavy (non-hydrogen) atoms. The summed E-state index contributed by atoms with van der Waals surface area (Å²) in [4.78, 5) is 21.5. The van der Waals surface area contributed by atoms with Crippen molar-refractivity contribution in [2.45, 2.75) is 37.9 Å². The summed E-state index contributed by atoms with van der Waals surface area (Å²) < 4.78 is 82.1. The van der Waals surface area contributed by atoms with Crippen molar-refractivity contribution in [1.82, 2.24) is 0 Å². The Morgan fingerprint density at radius 3 is 1.86 bits per heavy atom. The van der Waals surface area contributed by atoms with Gasteiger partial charge in [0.25, 0.3) is 0 Å². The number of aliphatic hydroxyl groups is 1. The van der Waals surface area contributed by atoms with Gasteiger partial charge in [-0.3, -0.25) is 4.79 Å². The number of hydrogen-bond acceptors (Lipinski definition) is 5. The normalized spacial score (nSPS) is 14.7. The van der Waals surface area contributed by atoms with E-state index in [9.17, 15) is 35.9 Å². The average Bonchev–Trinajstić information content (AvgIpc) is 2.29. The van der Waals surface area contributed by atoms with Crippen LogP contribution in [0.2, 0.25) is 0 Å². The molecule has 0 aromatic heterocycles. The molecule has 0 spiro atoms. The summed E-state index contributed by atoms with van der Waals surface area (Å²) in [6.45, 7) is 0.823. The van der Waals surface area contributed by atoms with Crippen molar-refractivity contribution in [3.63, 3.8) is 0 Å². The average molecular weight is 326 g/mol. The standard InChI is InChI=1S/C10H12F6O5/c1-5(17)3-20-6(2)4-21-7(18)8(19,9(11,12)13)10(14,15)16/h6,19H,3-4H2,1-2H3. The Bertz CT molecular complexity index is 374. The summed E-state index contributed by atoms with van der Waals surface area (Å²) >= 11 is 0. The minimum atomic E-state index is -6.30. The Balaban J connectivity index is 4.85. The molecule has 0 saturated carbocycles.